The number of nitrogens with one attached hydrogen (secondary N) is 1. The summed E-state index contributed by atoms with van der Waals surface area (Å²) in [5.41, 5.74) is 1.91. The number of halogens is 2. The summed E-state index contributed by atoms with van der Waals surface area (Å²) in [5, 5.41) is 3.08. The third kappa shape index (κ3) is 3.68. The summed E-state index contributed by atoms with van der Waals surface area (Å²) in [5.74, 6) is 0.442. The highest BCUT2D eigenvalue weighted by Gasteiger charge is 2.16. The molecule has 0 spiro atoms. The first kappa shape index (κ1) is 16.3. The topological polar surface area (TPSA) is 47.6 Å². The standard InChI is InChI=1S/C18H15ClFNO3/c1-11(12-2-4-13(20)5-3-12)8-18(22)21-15-10-17-16(9-14(15)19)23-6-7-24-17/h2-5,8-10H,6-7H2,1H3,(H,21,22)/b11-8+. The molecule has 0 atom stereocenters. The lowest BCUT2D eigenvalue weighted by molar-refractivity contribution is -0.111. The van der Waals surface area contributed by atoms with E-state index in [9.17, 15) is 9.18 Å². The molecule has 2 aromatic rings. The second-order valence-electron chi connectivity index (χ2n) is 5.30. The molecule has 0 radical (unpaired) electrons. The van der Waals surface area contributed by atoms with Crippen molar-refractivity contribution >= 4 is 28.8 Å². The van der Waals surface area contributed by atoms with Crippen LogP contribution in [-0.2, 0) is 4.79 Å². The van der Waals surface area contributed by atoms with Gasteiger partial charge in [0.05, 0.1) is 10.7 Å². The molecule has 0 saturated heterocycles. The van der Waals surface area contributed by atoms with Gasteiger partial charge in [-0.1, -0.05) is 23.7 Å². The van der Waals surface area contributed by atoms with E-state index >= 15 is 0 Å². The van der Waals surface area contributed by atoms with Crippen molar-refractivity contribution in [2.45, 2.75) is 6.92 Å². The average molecular weight is 348 g/mol. The van der Waals surface area contributed by atoms with E-state index < -0.39 is 0 Å². The van der Waals surface area contributed by atoms with Crippen LogP contribution in [0.1, 0.15) is 12.5 Å². The number of fused-ring (bicyclic) bond motifs is 1. The number of amides is 1. The molecular formula is C18H15ClFNO3. The van der Waals surface area contributed by atoms with Crippen molar-refractivity contribution < 1.29 is 18.7 Å². The van der Waals surface area contributed by atoms with E-state index in [1.165, 1.54) is 18.2 Å². The van der Waals surface area contributed by atoms with E-state index in [0.717, 1.165) is 5.56 Å². The summed E-state index contributed by atoms with van der Waals surface area (Å²) < 4.78 is 23.9. The predicted octanol–water partition coefficient (Wildman–Crippen LogP) is 4.29. The minimum Gasteiger partial charge on any atom is -0.486 e. The van der Waals surface area contributed by atoms with Crippen LogP contribution in [0.15, 0.2) is 42.5 Å². The first-order chi connectivity index (χ1) is 11.5. The molecule has 1 aliphatic rings. The molecule has 1 N–H and O–H groups in total. The predicted molar refractivity (Wildman–Crippen MR) is 91.1 cm³/mol. The number of carbonyl (C=O) groups is 1. The lowest BCUT2D eigenvalue weighted by atomic mass is 10.1. The normalized spacial score (nSPS) is 13.5. The van der Waals surface area contributed by atoms with E-state index in [0.29, 0.717) is 41.0 Å². The molecule has 1 amide bonds. The van der Waals surface area contributed by atoms with Crippen LogP contribution >= 0.6 is 11.6 Å². The zero-order valence-corrected chi connectivity index (χ0v) is 13.7. The number of ether oxygens (including phenoxy) is 2. The Kier molecular flexibility index (Phi) is 4.71. The second kappa shape index (κ2) is 6.93. The largest absolute Gasteiger partial charge is 0.486 e. The monoisotopic (exact) mass is 347 g/mol. The van der Waals surface area contributed by atoms with Crippen molar-refractivity contribution in [3.05, 3.63) is 58.9 Å². The van der Waals surface area contributed by atoms with Crippen LogP contribution in [0.4, 0.5) is 10.1 Å². The number of anilines is 1. The van der Waals surface area contributed by atoms with Gasteiger partial charge in [-0.3, -0.25) is 4.79 Å². The van der Waals surface area contributed by atoms with Gasteiger partial charge in [0.25, 0.3) is 0 Å². The van der Waals surface area contributed by atoms with E-state index in [2.05, 4.69) is 5.32 Å². The maximum Gasteiger partial charge on any atom is 0.248 e. The molecule has 0 unspecified atom stereocenters. The van der Waals surface area contributed by atoms with Gasteiger partial charge in [-0.15, -0.1) is 0 Å². The Bertz CT molecular complexity index is 803. The summed E-state index contributed by atoms with van der Waals surface area (Å²) >= 11 is 6.16. The van der Waals surface area contributed by atoms with Crippen LogP contribution in [0.3, 0.4) is 0 Å². The first-order valence-electron chi connectivity index (χ1n) is 7.37. The summed E-state index contributed by atoms with van der Waals surface area (Å²) in [7, 11) is 0. The number of carbonyl (C=O) groups excluding carboxylic acids is 1. The lowest BCUT2D eigenvalue weighted by Gasteiger charge is -2.19. The van der Waals surface area contributed by atoms with Gasteiger partial charge in [0, 0.05) is 18.2 Å². The number of hydrogen-bond acceptors (Lipinski definition) is 3. The van der Waals surface area contributed by atoms with Gasteiger partial charge in [0.1, 0.15) is 19.0 Å². The summed E-state index contributed by atoms with van der Waals surface area (Å²) in [6, 6.07) is 9.18. The van der Waals surface area contributed by atoms with E-state index in [1.54, 1.807) is 31.2 Å². The molecular weight excluding hydrogens is 333 g/mol. The third-order valence-corrected chi connectivity index (χ3v) is 3.85. The van der Waals surface area contributed by atoms with E-state index in [-0.39, 0.29) is 11.7 Å². The minimum atomic E-state index is -0.338. The fourth-order valence-corrected chi connectivity index (χ4v) is 2.52. The zero-order chi connectivity index (χ0) is 17.1. The molecule has 124 valence electrons. The Balaban J connectivity index is 1.77. The zero-order valence-electron chi connectivity index (χ0n) is 12.9. The second-order valence-corrected chi connectivity index (χ2v) is 5.71. The quantitative estimate of drug-likeness (QED) is 0.842. The molecule has 0 aliphatic carbocycles. The van der Waals surface area contributed by atoms with Crippen molar-refractivity contribution in [2.24, 2.45) is 0 Å². The van der Waals surface area contributed by atoms with Gasteiger partial charge in [-0.05, 0) is 30.2 Å². The molecule has 0 fully saturated rings. The highest BCUT2D eigenvalue weighted by Crippen LogP contribution is 2.38. The van der Waals surface area contributed by atoms with Crippen LogP contribution in [0.2, 0.25) is 5.02 Å². The van der Waals surface area contributed by atoms with E-state index in [4.69, 9.17) is 21.1 Å². The summed E-state index contributed by atoms with van der Waals surface area (Å²) in [6.45, 7) is 2.69. The highest BCUT2D eigenvalue weighted by molar-refractivity contribution is 6.34. The maximum atomic E-state index is 12.9. The number of benzene rings is 2. The molecule has 6 heteroatoms. The average Bonchev–Trinajstić information content (AvgIpc) is 2.56. The summed E-state index contributed by atoms with van der Waals surface area (Å²) in [6.07, 6.45) is 1.43. The smallest absolute Gasteiger partial charge is 0.248 e. The molecule has 3 rings (SSSR count). The molecule has 24 heavy (non-hydrogen) atoms. The molecule has 1 heterocycles. The van der Waals surface area contributed by atoms with Crippen molar-refractivity contribution in [2.75, 3.05) is 18.5 Å². The Hall–Kier alpha value is -2.53. The molecule has 1 aliphatic heterocycles. The van der Waals surface area contributed by atoms with Crippen molar-refractivity contribution in [3.8, 4) is 11.5 Å². The maximum absolute atomic E-state index is 12.9. The van der Waals surface area contributed by atoms with E-state index in [1.807, 2.05) is 0 Å². The Morgan fingerprint density at radius 3 is 2.46 bits per heavy atom. The molecule has 4 nitrogen and oxygen atoms in total. The fraction of sp³-hybridized carbons (Fsp3) is 0.167. The third-order valence-electron chi connectivity index (χ3n) is 3.54. The van der Waals surface area contributed by atoms with Gasteiger partial charge in [0.15, 0.2) is 11.5 Å². The van der Waals surface area contributed by atoms with Crippen LogP contribution in [0.25, 0.3) is 5.57 Å². The highest BCUT2D eigenvalue weighted by atomic mass is 35.5. The Morgan fingerprint density at radius 1 is 1.17 bits per heavy atom. The molecule has 0 saturated carbocycles. The number of hydrogen-bond donors (Lipinski definition) is 1. The van der Waals surface area contributed by atoms with Gasteiger partial charge in [0.2, 0.25) is 5.91 Å². The number of rotatable bonds is 3. The van der Waals surface area contributed by atoms with Gasteiger partial charge in [-0.25, -0.2) is 4.39 Å². The van der Waals surface area contributed by atoms with Crippen molar-refractivity contribution in [1.29, 1.82) is 0 Å². The molecule has 0 aromatic heterocycles. The number of allylic oxidation sites excluding steroid dienone is 1. The van der Waals surface area contributed by atoms with Gasteiger partial charge < -0.3 is 14.8 Å². The van der Waals surface area contributed by atoms with Crippen LogP contribution in [0.5, 0.6) is 11.5 Å². The summed E-state index contributed by atoms with van der Waals surface area (Å²) in [4.78, 5) is 12.2. The Labute approximate surface area is 143 Å². The fourth-order valence-electron chi connectivity index (χ4n) is 2.32. The van der Waals surface area contributed by atoms with Crippen LogP contribution in [0, 0.1) is 5.82 Å². The minimum absolute atomic E-state index is 0.320. The van der Waals surface area contributed by atoms with Crippen molar-refractivity contribution in [1.82, 2.24) is 0 Å². The SMILES string of the molecule is C/C(=C\C(=O)Nc1cc2c(cc1Cl)OCCO2)c1ccc(F)cc1. The van der Waals surface area contributed by atoms with Crippen LogP contribution in [-0.4, -0.2) is 19.1 Å². The van der Waals surface area contributed by atoms with Gasteiger partial charge in [-0.2, -0.15) is 0 Å². The van der Waals surface area contributed by atoms with Crippen LogP contribution < -0.4 is 14.8 Å². The van der Waals surface area contributed by atoms with Gasteiger partial charge >= 0.3 is 0 Å². The first-order valence-corrected chi connectivity index (χ1v) is 7.75. The Morgan fingerprint density at radius 2 is 1.79 bits per heavy atom. The molecule has 0 bridgehead atoms. The molecule has 2 aromatic carbocycles. The van der Waals surface area contributed by atoms with Crippen molar-refractivity contribution in [3.63, 3.8) is 0 Å². The lowest BCUT2D eigenvalue weighted by Crippen LogP contribution is -2.16.